The quantitative estimate of drug-likeness (QED) is 0.843. The monoisotopic (exact) mass is 387 g/mol. The van der Waals surface area contributed by atoms with E-state index in [0.29, 0.717) is 0 Å². The van der Waals surface area contributed by atoms with Crippen LogP contribution in [0.25, 0.3) is 0 Å². The van der Waals surface area contributed by atoms with Gasteiger partial charge in [0.2, 0.25) is 0 Å². The number of hydrogen-bond acceptors (Lipinski definition) is 3. The number of carboxylic acids is 1. The van der Waals surface area contributed by atoms with E-state index in [4.69, 9.17) is 5.11 Å². The van der Waals surface area contributed by atoms with Crippen LogP contribution in [-0.2, 0) is 0 Å². The Hall–Kier alpha value is -0.850. The highest BCUT2D eigenvalue weighted by atomic mass is 79.9. The Labute approximate surface area is 125 Å². The minimum atomic E-state index is -0.946. The molecule has 0 bridgehead atoms. The van der Waals surface area contributed by atoms with Gasteiger partial charge in [-0.15, -0.1) is 0 Å². The van der Waals surface area contributed by atoms with E-state index in [0.717, 1.165) is 18.9 Å². The van der Waals surface area contributed by atoms with Crippen LogP contribution in [0.1, 0.15) is 10.4 Å². The minimum absolute atomic E-state index is 0.249. The molecule has 0 unspecified atom stereocenters. The number of carbonyl (C=O) groups is 1. The molecule has 0 amide bonds. The van der Waals surface area contributed by atoms with Crippen molar-refractivity contribution in [2.75, 3.05) is 0 Å². The fourth-order valence-electron chi connectivity index (χ4n) is 1.30. The maximum absolute atomic E-state index is 11.0. The Kier molecular flexibility index (Phi) is 4.42. The molecular weight excluding hydrogens is 382 g/mol. The third-order valence-corrected chi connectivity index (χ3v) is 4.41. The zero-order chi connectivity index (χ0) is 13.1. The second kappa shape index (κ2) is 5.86. The van der Waals surface area contributed by atoms with Crippen LogP contribution in [0, 0.1) is 0 Å². The van der Waals surface area contributed by atoms with Gasteiger partial charge >= 0.3 is 5.97 Å². The molecule has 1 aromatic carbocycles. The zero-order valence-electron chi connectivity index (χ0n) is 8.93. The number of carboxylic acid groups (broad SMARTS) is 1. The largest absolute Gasteiger partial charge is 0.478 e. The van der Waals surface area contributed by atoms with Crippen LogP contribution in [0.3, 0.4) is 0 Å². The molecule has 18 heavy (non-hydrogen) atoms. The molecule has 0 fully saturated rings. The predicted molar refractivity (Wildman–Crippen MR) is 77.2 cm³/mol. The molecule has 1 heterocycles. The summed E-state index contributed by atoms with van der Waals surface area (Å²) in [5, 5.41) is 9.80. The number of pyridine rings is 1. The molecule has 0 aliphatic rings. The average molecular weight is 389 g/mol. The first-order valence-corrected chi connectivity index (χ1v) is 7.29. The number of halogens is 2. The molecular formula is C12H7Br2NO2S. The molecule has 92 valence electrons. The van der Waals surface area contributed by atoms with Crippen LogP contribution < -0.4 is 0 Å². The molecule has 0 saturated carbocycles. The fraction of sp³-hybridized carbons (Fsp3) is 0. The van der Waals surface area contributed by atoms with Gasteiger partial charge in [0.15, 0.2) is 0 Å². The molecule has 2 rings (SSSR count). The van der Waals surface area contributed by atoms with Gasteiger partial charge in [-0.05, 0) is 46.3 Å². The minimum Gasteiger partial charge on any atom is -0.478 e. The normalized spacial score (nSPS) is 10.3. The Bertz CT molecular complexity index is 604. The van der Waals surface area contributed by atoms with Crippen LogP contribution >= 0.6 is 43.6 Å². The Morgan fingerprint density at radius 1 is 1.28 bits per heavy atom. The lowest BCUT2D eigenvalue weighted by Gasteiger charge is -2.05. The third-order valence-electron chi connectivity index (χ3n) is 2.06. The first kappa shape index (κ1) is 13.6. The molecule has 3 nitrogen and oxygen atoms in total. The van der Waals surface area contributed by atoms with Gasteiger partial charge in [0.25, 0.3) is 0 Å². The third kappa shape index (κ3) is 3.34. The molecule has 2 aromatic rings. The van der Waals surface area contributed by atoms with Crippen molar-refractivity contribution in [1.29, 1.82) is 0 Å². The summed E-state index contributed by atoms with van der Waals surface area (Å²) in [7, 11) is 0. The van der Waals surface area contributed by atoms with E-state index in [2.05, 4.69) is 36.8 Å². The Morgan fingerprint density at radius 2 is 2.06 bits per heavy atom. The van der Waals surface area contributed by atoms with E-state index in [1.54, 1.807) is 18.3 Å². The van der Waals surface area contributed by atoms with Crippen LogP contribution in [0.2, 0.25) is 0 Å². The molecule has 0 aliphatic heterocycles. The maximum atomic E-state index is 11.0. The summed E-state index contributed by atoms with van der Waals surface area (Å²) in [5.41, 5.74) is 0.249. The van der Waals surface area contributed by atoms with Gasteiger partial charge in [0.1, 0.15) is 5.03 Å². The smallest absolute Gasteiger partial charge is 0.335 e. The first-order chi connectivity index (χ1) is 8.56. The van der Waals surface area contributed by atoms with Crippen molar-refractivity contribution in [2.45, 2.75) is 9.92 Å². The molecule has 0 aliphatic carbocycles. The van der Waals surface area contributed by atoms with Crippen LogP contribution in [0.5, 0.6) is 0 Å². The van der Waals surface area contributed by atoms with E-state index < -0.39 is 5.97 Å². The molecule has 1 N–H and O–H groups in total. The summed E-state index contributed by atoms with van der Waals surface area (Å²) < 4.78 is 1.61. The molecule has 6 heteroatoms. The topological polar surface area (TPSA) is 50.2 Å². The second-order valence-electron chi connectivity index (χ2n) is 3.37. The van der Waals surface area contributed by atoms with Crippen molar-refractivity contribution in [3.05, 3.63) is 51.0 Å². The molecule has 0 atom stereocenters. The van der Waals surface area contributed by atoms with E-state index in [-0.39, 0.29) is 5.56 Å². The number of benzene rings is 1. The van der Waals surface area contributed by atoms with Crippen molar-refractivity contribution < 1.29 is 9.90 Å². The summed E-state index contributed by atoms with van der Waals surface area (Å²) in [6.45, 7) is 0. The summed E-state index contributed by atoms with van der Waals surface area (Å²) in [6.07, 6.45) is 1.70. The lowest BCUT2D eigenvalue weighted by molar-refractivity contribution is 0.0696. The lowest BCUT2D eigenvalue weighted by Crippen LogP contribution is -1.96. The van der Waals surface area contributed by atoms with Crippen LogP contribution in [0.15, 0.2) is 55.4 Å². The predicted octanol–water partition coefficient (Wildman–Crippen LogP) is 4.46. The van der Waals surface area contributed by atoms with Gasteiger partial charge in [-0.25, -0.2) is 9.78 Å². The van der Waals surface area contributed by atoms with E-state index in [1.807, 2.05) is 18.2 Å². The fourth-order valence-corrected chi connectivity index (χ4v) is 3.32. The van der Waals surface area contributed by atoms with Crippen molar-refractivity contribution >= 4 is 49.6 Å². The first-order valence-electron chi connectivity index (χ1n) is 4.88. The number of nitrogens with zero attached hydrogens (tertiary/aromatic N) is 1. The highest BCUT2D eigenvalue weighted by Gasteiger charge is 2.09. The Balaban J connectivity index is 2.35. The van der Waals surface area contributed by atoms with E-state index in [9.17, 15) is 4.79 Å². The maximum Gasteiger partial charge on any atom is 0.335 e. The van der Waals surface area contributed by atoms with Gasteiger partial charge in [0.05, 0.1) is 10.0 Å². The summed E-state index contributed by atoms with van der Waals surface area (Å²) in [4.78, 5) is 16.0. The van der Waals surface area contributed by atoms with Gasteiger partial charge < -0.3 is 5.11 Å². The number of hydrogen-bond donors (Lipinski definition) is 1. The van der Waals surface area contributed by atoms with Crippen molar-refractivity contribution in [3.63, 3.8) is 0 Å². The molecule has 1 aromatic heterocycles. The zero-order valence-corrected chi connectivity index (χ0v) is 12.9. The van der Waals surface area contributed by atoms with E-state index >= 15 is 0 Å². The number of aromatic nitrogens is 1. The highest BCUT2D eigenvalue weighted by molar-refractivity contribution is 9.10. The second-order valence-corrected chi connectivity index (χ2v) is 6.21. The van der Waals surface area contributed by atoms with E-state index in [1.165, 1.54) is 11.8 Å². The van der Waals surface area contributed by atoms with Crippen molar-refractivity contribution in [3.8, 4) is 0 Å². The average Bonchev–Trinajstić information content (AvgIpc) is 2.31. The Morgan fingerprint density at radius 3 is 2.72 bits per heavy atom. The van der Waals surface area contributed by atoms with Crippen LogP contribution in [0.4, 0.5) is 0 Å². The van der Waals surface area contributed by atoms with Gasteiger partial charge in [-0.2, -0.15) is 0 Å². The highest BCUT2D eigenvalue weighted by Crippen LogP contribution is 2.33. The summed E-state index contributed by atoms with van der Waals surface area (Å²) in [6, 6.07) is 8.78. The van der Waals surface area contributed by atoms with Gasteiger partial charge in [0, 0.05) is 15.6 Å². The van der Waals surface area contributed by atoms with Crippen LogP contribution in [-0.4, -0.2) is 16.1 Å². The van der Waals surface area contributed by atoms with Gasteiger partial charge in [-0.3, -0.25) is 0 Å². The summed E-state index contributed by atoms with van der Waals surface area (Å²) in [5.74, 6) is -0.946. The number of aromatic carboxylic acids is 1. The molecule has 0 spiro atoms. The molecule has 0 saturated heterocycles. The van der Waals surface area contributed by atoms with Gasteiger partial charge in [-0.1, -0.05) is 27.7 Å². The lowest BCUT2D eigenvalue weighted by atomic mass is 10.2. The van der Waals surface area contributed by atoms with Crippen molar-refractivity contribution in [2.24, 2.45) is 0 Å². The summed E-state index contributed by atoms with van der Waals surface area (Å²) >= 11 is 8.12. The molecule has 0 radical (unpaired) electrons. The van der Waals surface area contributed by atoms with Crippen molar-refractivity contribution in [1.82, 2.24) is 4.98 Å². The standard InChI is InChI=1S/C12H7Br2NO2S/c13-8-4-7(12(16)17)5-9(6-8)18-11-10(14)2-1-3-15-11/h1-6H,(H,16,17). The SMILES string of the molecule is O=C(O)c1cc(Br)cc(Sc2ncccc2Br)c1. The number of rotatable bonds is 3.